The van der Waals surface area contributed by atoms with Gasteiger partial charge in [-0.25, -0.2) is 0 Å². The Bertz CT molecular complexity index is 1440. The van der Waals surface area contributed by atoms with Crippen LogP contribution in [0.1, 0.15) is 16.8 Å². The predicted octanol–water partition coefficient (Wildman–Crippen LogP) is 5.09. The molecule has 2 heterocycles. The molecule has 0 atom stereocenters. The lowest BCUT2D eigenvalue weighted by atomic mass is 10.0. The van der Waals surface area contributed by atoms with Gasteiger partial charge < -0.3 is 0 Å². The first kappa shape index (κ1) is 20.2. The van der Waals surface area contributed by atoms with E-state index in [9.17, 15) is 4.79 Å². The first-order valence-electron chi connectivity index (χ1n) is 10.4. The fourth-order valence-electron chi connectivity index (χ4n) is 3.90. The van der Waals surface area contributed by atoms with Gasteiger partial charge in [0.1, 0.15) is 5.39 Å². The van der Waals surface area contributed by atoms with Crippen molar-refractivity contribution in [3.8, 4) is 11.1 Å². The van der Waals surface area contributed by atoms with Crippen molar-refractivity contribution < 1.29 is 0 Å². The molecule has 0 fully saturated rings. The summed E-state index contributed by atoms with van der Waals surface area (Å²) in [5.41, 5.74) is 5.56. The minimum absolute atomic E-state index is 0.130. The van der Waals surface area contributed by atoms with Crippen LogP contribution in [0.15, 0.2) is 89.7 Å². The minimum atomic E-state index is -0.184. The van der Waals surface area contributed by atoms with Crippen molar-refractivity contribution in [2.45, 2.75) is 13.0 Å². The van der Waals surface area contributed by atoms with E-state index in [1.165, 1.54) is 10.1 Å². The number of rotatable bonds is 5. The highest BCUT2D eigenvalue weighted by Gasteiger charge is 2.19. The molecule has 0 N–H and O–H groups in total. The number of hydrogen-bond acceptors (Lipinski definition) is 3. The molecule has 6 heteroatoms. The van der Waals surface area contributed by atoms with Crippen molar-refractivity contribution in [3.05, 3.63) is 117 Å². The Labute approximate surface area is 190 Å². The van der Waals surface area contributed by atoms with Gasteiger partial charge in [0.2, 0.25) is 5.28 Å². The topological polar surface area (TPSA) is 52.7 Å². The molecule has 5 nitrogen and oxygen atoms in total. The van der Waals surface area contributed by atoms with Crippen LogP contribution in [-0.4, -0.2) is 19.3 Å². The highest BCUT2D eigenvalue weighted by atomic mass is 35.5. The van der Waals surface area contributed by atoms with Gasteiger partial charge in [0, 0.05) is 13.5 Å². The van der Waals surface area contributed by atoms with E-state index in [1.807, 2.05) is 53.2 Å². The number of nitrogens with zero attached hydrogens (tertiary/aromatic N) is 4. The first-order chi connectivity index (χ1) is 15.6. The Hall–Kier alpha value is -3.70. The first-order valence-corrected chi connectivity index (χ1v) is 10.8. The summed E-state index contributed by atoms with van der Waals surface area (Å²) in [7, 11) is 1.63. The number of fused-ring (bicyclic) bond motifs is 1. The van der Waals surface area contributed by atoms with Gasteiger partial charge in [-0.15, -0.1) is 0 Å². The van der Waals surface area contributed by atoms with E-state index in [0.717, 1.165) is 22.4 Å². The molecule has 0 radical (unpaired) electrons. The van der Waals surface area contributed by atoms with E-state index in [0.29, 0.717) is 24.0 Å². The maximum Gasteiger partial charge on any atom is 0.265 e. The Balaban J connectivity index is 1.56. The number of halogens is 1. The van der Waals surface area contributed by atoms with Gasteiger partial charge >= 0.3 is 0 Å². The fraction of sp³-hybridized carbons (Fsp3) is 0.115. The SMILES string of the molecule is Cn1c(Cl)nc2nn(Cc3ccc(-c4ccccc4)cc3)c(Cc3ccccc3)c2c1=O. The molecule has 2 aromatic heterocycles. The summed E-state index contributed by atoms with van der Waals surface area (Å²) in [6.07, 6.45) is 0.581. The second kappa shape index (κ2) is 8.44. The van der Waals surface area contributed by atoms with Gasteiger partial charge in [-0.3, -0.25) is 14.0 Å². The van der Waals surface area contributed by atoms with Crippen LogP contribution in [0.3, 0.4) is 0 Å². The van der Waals surface area contributed by atoms with Crippen molar-refractivity contribution in [2.24, 2.45) is 7.05 Å². The van der Waals surface area contributed by atoms with Crippen LogP contribution in [0, 0.1) is 0 Å². The lowest BCUT2D eigenvalue weighted by Crippen LogP contribution is -2.19. The smallest absolute Gasteiger partial charge is 0.265 e. The Kier molecular flexibility index (Phi) is 5.33. The van der Waals surface area contributed by atoms with Crippen molar-refractivity contribution in [1.29, 1.82) is 0 Å². The summed E-state index contributed by atoms with van der Waals surface area (Å²) >= 11 is 6.15. The van der Waals surface area contributed by atoms with E-state index >= 15 is 0 Å². The van der Waals surface area contributed by atoms with Crippen LogP contribution in [-0.2, 0) is 20.0 Å². The van der Waals surface area contributed by atoms with Crippen molar-refractivity contribution in [1.82, 2.24) is 19.3 Å². The summed E-state index contributed by atoms with van der Waals surface area (Å²) in [6.45, 7) is 0.536. The van der Waals surface area contributed by atoms with Crippen LogP contribution >= 0.6 is 11.6 Å². The third-order valence-electron chi connectivity index (χ3n) is 5.64. The quantitative estimate of drug-likeness (QED) is 0.358. The molecule has 5 rings (SSSR count). The number of hydrogen-bond donors (Lipinski definition) is 0. The second-order valence-corrected chi connectivity index (χ2v) is 8.11. The highest BCUT2D eigenvalue weighted by molar-refractivity contribution is 6.28. The largest absolute Gasteiger partial charge is 0.286 e. The van der Waals surface area contributed by atoms with E-state index in [1.54, 1.807) is 7.05 Å². The molecule has 5 aromatic rings. The number of aromatic nitrogens is 4. The maximum absolute atomic E-state index is 13.0. The molecule has 0 saturated carbocycles. The minimum Gasteiger partial charge on any atom is -0.286 e. The average molecular weight is 441 g/mol. The van der Waals surface area contributed by atoms with E-state index in [4.69, 9.17) is 11.6 Å². The molecule has 32 heavy (non-hydrogen) atoms. The summed E-state index contributed by atoms with van der Waals surface area (Å²) in [5, 5.41) is 5.30. The molecular formula is C26H21ClN4O. The highest BCUT2D eigenvalue weighted by Crippen LogP contribution is 2.22. The average Bonchev–Trinajstić information content (AvgIpc) is 3.15. The number of benzene rings is 3. The predicted molar refractivity (Wildman–Crippen MR) is 128 cm³/mol. The zero-order valence-corrected chi connectivity index (χ0v) is 18.3. The summed E-state index contributed by atoms with van der Waals surface area (Å²) in [4.78, 5) is 17.4. The summed E-state index contributed by atoms with van der Waals surface area (Å²) < 4.78 is 3.24. The Morgan fingerprint density at radius 3 is 2.12 bits per heavy atom. The van der Waals surface area contributed by atoms with E-state index in [-0.39, 0.29) is 10.8 Å². The second-order valence-electron chi connectivity index (χ2n) is 7.77. The standard InChI is InChI=1S/C26H21ClN4O/c1-30-25(32)23-22(16-18-8-4-2-5-9-18)31(29-24(23)28-26(30)27)17-19-12-14-21(15-13-19)20-10-6-3-7-11-20/h2-15H,16-17H2,1H3. The fourth-order valence-corrected chi connectivity index (χ4v) is 4.06. The zero-order valence-electron chi connectivity index (χ0n) is 17.6. The zero-order chi connectivity index (χ0) is 22.1. The lowest BCUT2D eigenvalue weighted by molar-refractivity contribution is 0.660. The van der Waals surface area contributed by atoms with Crippen molar-refractivity contribution in [2.75, 3.05) is 0 Å². The maximum atomic E-state index is 13.0. The molecule has 0 aliphatic heterocycles. The van der Waals surface area contributed by atoms with Gasteiger partial charge in [-0.1, -0.05) is 84.9 Å². The van der Waals surface area contributed by atoms with Crippen LogP contribution < -0.4 is 5.56 Å². The Morgan fingerprint density at radius 1 is 0.812 bits per heavy atom. The van der Waals surface area contributed by atoms with Gasteiger partial charge in [0.05, 0.1) is 12.2 Å². The molecule has 158 valence electrons. The third-order valence-corrected chi connectivity index (χ3v) is 5.98. The van der Waals surface area contributed by atoms with Crippen LogP contribution in [0.5, 0.6) is 0 Å². The van der Waals surface area contributed by atoms with Crippen LogP contribution in [0.2, 0.25) is 5.28 Å². The van der Waals surface area contributed by atoms with E-state index < -0.39 is 0 Å². The molecule has 0 saturated heterocycles. The van der Waals surface area contributed by atoms with E-state index in [2.05, 4.69) is 46.5 Å². The molecule has 0 spiro atoms. The molecular weight excluding hydrogens is 420 g/mol. The van der Waals surface area contributed by atoms with Crippen molar-refractivity contribution in [3.63, 3.8) is 0 Å². The summed E-state index contributed by atoms with van der Waals surface area (Å²) in [6, 6.07) is 28.7. The molecule has 0 aliphatic rings. The third kappa shape index (κ3) is 3.83. The molecule has 0 unspecified atom stereocenters. The monoisotopic (exact) mass is 440 g/mol. The van der Waals surface area contributed by atoms with Gasteiger partial charge in [0.15, 0.2) is 5.65 Å². The molecule has 3 aromatic carbocycles. The normalized spacial score (nSPS) is 11.2. The molecule has 0 aliphatic carbocycles. The lowest BCUT2D eigenvalue weighted by Gasteiger charge is -2.09. The molecule has 0 bridgehead atoms. The van der Waals surface area contributed by atoms with Gasteiger partial charge in [-0.05, 0) is 33.9 Å². The van der Waals surface area contributed by atoms with Gasteiger partial charge in [-0.2, -0.15) is 10.1 Å². The van der Waals surface area contributed by atoms with Crippen LogP contribution in [0.25, 0.3) is 22.2 Å². The van der Waals surface area contributed by atoms with Gasteiger partial charge in [0.25, 0.3) is 5.56 Å². The van der Waals surface area contributed by atoms with Crippen molar-refractivity contribution >= 4 is 22.6 Å². The molecule has 0 amide bonds. The van der Waals surface area contributed by atoms with Crippen LogP contribution in [0.4, 0.5) is 0 Å². The Morgan fingerprint density at radius 2 is 1.44 bits per heavy atom. The summed E-state index contributed by atoms with van der Waals surface area (Å²) in [5.74, 6) is 0.